The molecule has 8 nitrogen and oxygen atoms in total. The molecule has 1 fully saturated rings. The molecule has 0 atom stereocenters. The Hall–Kier alpha value is -2.22. The lowest BCUT2D eigenvalue weighted by Gasteiger charge is -2.27. The summed E-state index contributed by atoms with van der Waals surface area (Å²) in [6.45, 7) is 3.52. The molecule has 0 aromatic carbocycles. The van der Waals surface area contributed by atoms with Gasteiger partial charge in [-0.05, 0) is 12.8 Å². The zero-order valence-electron chi connectivity index (χ0n) is 12.4. The number of nitrogens with one attached hydrogen (secondary N) is 1. The first kappa shape index (κ1) is 16.2. The van der Waals surface area contributed by atoms with Crippen LogP contribution < -0.4 is 10.9 Å². The van der Waals surface area contributed by atoms with Gasteiger partial charge in [0.25, 0.3) is 11.2 Å². The Bertz CT molecular complexity index is 593. The van der Waals surface area contributed by atoms with Gasteiger partial charge in [-0.1, -0.05) is 0 Å². The summed E-state index contributed by atoms with van der Waals surface area (Å²) in [7, 11) is 0. The van der Waals surface area contributed by atoms with E-state index >= 15 is 0 Å². The number of piperazine rings is 1. The van der Waals surface area contributed by atoms with Crippen molar-refractivity contribution in [1.29, 1.82) is 0 Å². The normalized spacial score (nSPS) is 14.8. The summed E-state index contributed by atoms with van der Waals surface area (Å²) in [4.78, 5) is 35.6. The molecule has 0 saturated carbocycles. The number of nitro groups is 1. The van der Waals surface area contributed by atoms with E-state index in [0.717, 1.165) is 26.2 Å². The fourth-order valence-electron chi connectivity index (χ4n) is 2.43. The Morgan fingerprint density at radius 1 is 1.27 bits per heavy atom. The van der Waals surface area contributed by atoms with E-state index in [1.54, 1.807) is 0 Å². The molecular formula is C14H20N4O4. The average molecular weight is 308 g/mol. The van der Waals surface area contributed by atoms with E-state index in [-0.39, 0.29) is 17.2 Å². The number of amides is 1. The van der Waals surface area contributed by atoms with Gasteiger partial charge in [-0.2, -0.15) is 0 Å². The van der Waals surface area contributed by atoms with Crippen molar-refractivity contribution in [3.05, 3.63) is 38.8 Å². The van der Waals surface area contributed by atoms with Crippen LogP contribution in [0, 0.1) is 10.1 Å². The van der Waals surface area contributed by atoms with Gasteiger partial charge in [-0.3, -0.25) is 19.7 Å². The van der Waals surface area contributed by atoms with Crippen LogP contribution in [0.1, 0.15) is 19.3 Å². The Kier molecular flexibility index (Phi) is 5.65. The third-order valence-corrected chi connectivity index (χ3v) is 3.69. The highest BCUT2D eigenvalue weighted by Gasteiger charge is 2.15. The Balaban J connectivity index is 1.78. The lowest BCUT2D eigenvalue weighted by Crippen LogP contribution is -2.46. The third-order valence-electron chi connectivity index (χ3n) is 3.69. The fourth-order valence-corrected chi connectivity index (χ4v) is 2.43. The number of rotatable bonds is 6. The van der Waals surface area contributed by atoms with Crippen molar-refractivity contribution in [2.75, 3.05) is 26.2 Å². The molecule has 1 amide bonds. The number of unbranched alkanes of at least 4 members (excludes halogenated alkanes) is 1. The summed E-state index contributed by atoms with van der Waals surface area (Å²) in [5.41, 5.74) is -0.365. The summed E-state index contributed by atoms with van der Waals surface area (Å²) in [6, 6.07) is 2.40. The van der Waals surface area contributed by atoms with Crippen LogP contribution in [0.25, 0.3) is 0 Å². The van der Waals surface area contributed by atoms with Crippen LogP contribution in [-0.2, 0) is 11.3 Å². The Morgan fingerprint density at radius 3 is 2.68 bits per heavy atom. The third kappa shape index (κ3) is 4.39. The minimum absolute atomic E-state index is 0.100. The maximum atomic E-state index is 12.0. The smallest absolute Gasteiger partial charge is 0.285 e. The molecule has 1 aliphatic heterocycles. The van der Waals surface area contributed by atoms with Crippen LogP contribution in [0.2, 0.25) is 0 Å². The van der Waals surface area contributed by atoms with Gasteiger partial charge in [-0.15, -0.1) is 0 Å². The first-order valence-corrected chi connectivity index (χ1v) is 7.41. The predicted molar refractivity (Wildman–Crippen MR) is 80.7 cm³/mol. The molecule has 1 aromatic heterocycles. The highest BCUT2D eigenvalue weighted by Crippen LogP contribution is 2.08. The number of carbonyl (C=O) groups is 1. The molecule has 0 bridgehead atoms. The Morgan fingerprint density at radius 2 is 2.00 bits per heavy atom. The van der Waals surface area contributed by atoms with Crippen LogP contribution in [0.5, 0.6) is 0 Å². The second kappa shape index (κ2) is 7.69. The van der Waals surface area contributed by atoms with Gasteiger partial charge in [0.05, 0.1) is 11.1 Å². The molecule has 1 saturated heterocycles. The molecule has 120 valence electrons. The van der Waals surface area contributed by atoms with Crippen molar-refractivity contribution in [2.45, 2.75) is 25.8 Å². The van der Waals surface area contributed by atoms with Crippen LogP contribution >= 0.6 is 0 Å². The topological polar surface area (TPSA) is 97.5 Å². The summed E-state index contributed by atoms with van der Waals surface area (Å²) >= 11 is 0. The molecule has 0 unspecified atom stereocenters. The van der Waals surface area contributed by atoms with E-state index in [1.165, 1.54) is 22.9 Å². The maximum Gasteiger partial charge on any atom is 0.285 e. The summed E-state index contributed by atoms with van der Waals surface area (Å²) in [5.74, 6) is 0.132. The lowest BCUT2D eigenvalue weighted by atomic mass is 10.2. The zero-order chi connectivity index (χ0) is 15.9. The Labute approximate surface area is 127 Å². The van der Waals surface area contributed by atoms with E-state index in [4.69, 9.17) is 0 Å². The number of nitrogens with zero attached hydrogens (tertiary/aromatic N) is 3. The van der Waals surface area contributed by atoms with E-state index in [2.05, 4.69) is 5.32 Å². The van der Waals surface area contributed by atoms with Gasteiger partial charge in [0, 0.05) is 51.3 Å². The van der Waals surface area contributed by atoms with E-state index in [9.17, 15) is 19.7 Å². The van der Waals surface area contributed by atoms with E-state index in [1.807, 2.05) is 4.90 Å². The van der Waals surface area contributed by atoms with Crippen LogP contribution in [0.4, 0.5) is 5.69 Å². The molecule has 22 heavy (non-hydrogen) atoms. The van der Waals surface area contributed by atoms with Gasteiger partial charge >= 0.3 is 0 Å². The van der Waals surface area contributed by atoms with Gasteiger partial charge in [-0.25, -0.2) is 0 Å². The molecule has 0 aliphatic carbocycles. The predicted octanol–water partition coefficient (Wildman–Crippen LogP) is 0.359. The van der Waals surface area contributed by atoms with Gasteiger partial charge in [0.2, 0.25) is 5.91 Å². The van der Waals surface area contributed by atoms with E-state index in [0.29, 0.717) is 25.8 Å². The molecule has 0 spiro atoms. The summed E-state index contributed by atoms with van der Waals surface area (Å²) in [6.07, 6.45) is 3.00. The quantitative estimate of drug-likeness (QED) is 0.465. The number of hydrogen-bond donors (Lipinski definition) is 1. The van der Waals surface area contributed by atoms with Crippen LogP contribution in [0.3, 0.4) is 0 Å². The molecule has 1 N–H and O–H groups in total. The van der Waals surface area contributed by atoms with Crippen LogP contribution in [0.15, 0.2) is 23.1 Å². The van der Waals surface area contributed by atoms with Crippen molar-refractivity contribution in [2.24, 2.45) is 0 Å². The van der Waals surface area contributed by atoms with Gasteiger partial charge < -0.3 is 14.8 Å². The lowest BCUT2D eigenvalue weighted by molar-refractivity contribution is -0.385. The number of carbonyl (C=O) groups excluding carboxylic acids is 1. The molecule has 2 rings (SSSR count). The second-order valence-electron chi connectivity index (χ2n) is 5.26. The van der Waals surface area contributed by atoms with Crippen molar-refractivity contribution < 1.29 is 9.72 Å². The standard InChI is InChI=1S/C14H20N4O4/c19-13(16-9-6-15-7-10-16)3-1-2-8-17-11-12(18(21)22)4-5-14(17)20/h4-5,11,15H,1-3,6-10H2. The highest BCUT2D eigenvalue weighted by atomic mass is 16.6. The maximum absolute atomic E-state index is 12.0. The summed E-state index contributed by atoms with van der Waals surface area (Å²) < 4.78 is 1.33. The van der Waals surface area contributed by atoms with Crippen molar-refractivity contribution in [1.82, 2.24) is 14.8 Å². The molecule has 2 heterocycles. The first-order chi connectivity index (χ1) is 10.6. The average Bonchev–Trinajstić information content (AvgIpc) is 2.53. The number of aryl methyl sites for hydroxylation is 1. The van der Waals surface area contributed by atoms with E-state index < -0.39 is 4.92 Å². The molecular weight excluding hydrogens is 288 g/mol. The molecule has 0 radical (unpaired) electrons. The number of aromatic nitrogens is 1. The van der Waals surface area contributed by atoms with Gasteiger partial charge in [0.1, 0.15) is 0 Å². The van der Waals surface area contributed by atoms with Crippen molar-refractivity contribution in [3.63, 3.8) is 0 Å². The second-order valence-corrected chi connectivity index (χ2v) is 5.26. The van der Waals surface area contributed by atoms with Crippen molar-refractivity contribution in [3.8, 4) is 0 Å². The fraction of sp³-hybridized carbons (Fsp3) is 0.571. The molecule has 8 heteroatoms. The minimum atomic E-state index is -0.524. The zero-order valence-corrected chi connectivity index (χ0v) is 12.4. The van der Waals surface area contributed by atoms with Gasteiger partial charge in [0.15, 0.2) is 0 Å². The van der Waals surface area contributed by atoms with Crippen molar-refractivity contribution >= 4 is 11.6 Å². The first-order valence-electron chi connectivity index (χ1n) is 7.41. The molecule has 1 aliphatic rings. The summed E-state index contributed by atoms with van der Waals surface area (Å²) in [5, 5.41) is 13.9. The monoisotopic (exact) mass is 308 g/mol. The largest absolute Gasteiger partial charge is 0.340 e. The number of pyridine rings is 1. The number of hydrogen-bond acceptors (Lipinski definition) is 5. The molecule has 1 aromatic rings. The van der Waals surface area contributed by atoms with Crippen LogP contribution in [-0.4, -0.2) is 46.5 Å². The SMILES string of the molecule is O=C(CCCCn1cc([N+](=O)[O-])ccc1=O)N1CCNCC1. The minimum Gasteiger partial charge on any atom is -0.340 e. The highest BCUT2D eigenvalue weighted by molar-refractivity contribution is 5.76.